The summed E-state index contributed by atoms with van der Waals surface area (Å²) >= 11 is 0. The second-order valence-electron chi connectivity index (χ2n) is 3.67. The predicted octanol–water partition coefficient (Wildman–Crippen LogP) is 1.00. The van der Waals surface area contributed by atoms with Crippen molar-refractivity contribution in [2.75, 3.05) is 0 Å². The maximum atomic E-state index is 10.8. The maximum Gasteiger partial charge on any atom is 0.338 e. The highest BCUT2D eigenvalue weighted by Crippen LogP contribution is 2.35. The van der Waals surface area contributed by atoms with Crippen LogP contribution in [0, 0.1) is 0 Å². The van der Waals surface area contributed by atoms with E-state index in [0.29, 0.717) is 0 Å². The highest BCUT2D eigenvalue weighted by Gasteiger charge is 2.53. The van der Waals surface area contributed by atoms with Gasteiger partial charge in [0.1, 0.15) is 0 Å². The molecule has 0 unspecified atom stereocenters. The van der Waals surface area contributed by atoms with E-state index in [2.05, 4.69) is 0 Å². The van der Waals surface area contributed by atoms with Gasteiger partial charge in [0.25, 0.3) is 0 Å². The fraction of sp³-hybridized carbons (Fsp3) is 0.875. The zero-order chi connectivity index (χ0) is 9.57. The fourth-order valence-corrected chi connectivity index (χ4v) is 1.37. The number of rotatable bonds is 1. The van der Waals surface area contributed by atoms with Crippen molar-refractivity contribution in [1.82, 2.24) is 0 Å². The third kappa shape index (κ3) is 1.32. The molecule has 4 heteroatoms. The van der Waals surface area contributed by atoms with Crippen molar-refractivity contribution in [3.05, 3.63) is 0 Å². The van der Waals surface area contributed by atoms with Gasteiger partial charge in [-0.3, -0.25) is 0 Å². The summed E-state index contributed by atoms with van der Waals surface area (Å²) in [6.07, 6.45) is -0.426. The largest absolute Gasteiger partial charge is 0.479 e. The highest BCUT2D eigenvalue weighted by molar-refractivity contribution is 5.78. The zero-order valence-electron chi connectivity index (χ0n) is 7.75. The third-order valence-corrected chi connectivity index (χ3v) is 2.12. The van der Waals surface area contributed by atoms with Crippen LogP contribution < -0.4 is 0 Å². The van der Waals surface area contributed by atoms with Crippen LogP contribution in [0.2, 0.25) is 0 Å². The average Bonchev–Trinajstić information content (AvgIpc) is 2.03. The van der Waals surface area contributed by atoms with E-state index in [1.165, 1.54) is 6.92 Å². The maximum absolute atomic E-state index is 10.8. The molecular formula is C8H14O4. The average molecular weight is 174 g/mol. The van der Waals surface area contributed by atoms with Gasteiger partial charge >= 0.3 is 5.97 Å². The molecule has 0 aromatic rings. The van der Waals surface area contributed by atoms with Gasteiger partial charge in [0.15, 0.2) is 11.4 Å². The summed E-state index contributed by atoms with van der Waals surface area (Å²) in [7, 11) is 0. The van der Waals surface area contributed by atoms with Gasteiger partial charge < -0.3 is 14.6 Å². The van der Waals surface area contributed by atoms with E-state index in [0.717, 1.165) is 0 Å². The summed E-state index contributed by atoms with van der Waals surface area (Å²) in [6, 6.07) is 0. The Morgan fingerprint density at radius 3 is 2.08 bits per heavy atom. The van der Waals surface area contributed by atoms with Crippen LogP contribution in [-0.2, 0) is 14.3 Å². The molecule has 2 atom stereocenters. The standard InChI is InChI=1S/C8H14O4/c1-5-8(4,6(9)10)12-7(2,3)11-5/h5H,1-4H3,(H,9,10)/t5-,8-/m0/s1. The van der Waals surface area contributed by atoms with E-state index in [4.69, 9.17) is 14.6 Å². The molecule has 4 nitrogen and oxygen atoms in total. The Balaban J connectivity index is 2.89. The molecule has 0 amide bonds. The first-order valence-corrected chi connectivity index (χ1v) is 3.89. The summed E-state index contributed by atoms with van der Waals surface area (Å²) < 4.78 is 10.6. The van der Waals surface area contributed by atoms with Crippen molar-refractivity contribution in [3.8, 4) is 0 Å². The molecule has 0 radical (unpaired) electrons. The summed E-state index contributed by atoms with van der Waals surface area (Å²) in [4.78, 5) is 10.8. The summed E-state index contributed by atoms with van der Waals surface area (Å²) in [6.45, 7) is 6.63. The smallest absolute Gasteiger partial charge is 0.338 e. The highest BCUT2D eigenvalue weighted by atomic mass is 16.8. The number of carbonyl (C=O) groups is 1. The van der Waals surface area contributed by atoms with Crippen molar-refractivity contribution in [2.45, 2.75) is 45.2 Å². The number of carboxylic acids is 1. The lowest BCUT2D eigenvalue weighted by Gasteiger charge is -2.21. The van der Waals surface area contributed by atoms with Gasteiger partial charge in [0.05, 0.1) is 6.10 Å². The van der Waals surface area contributed by atoms with Crippen LogP contribution in [0.25, 0.3) is 0 Å². The third-order valence-electron chi connectivity index (χ3n) is 2.12. The zero-order valence-corrected chi connectivity index (χ0v) is 7.75. The molecular weight excluding hydrogens is 160 g/mol. The van der Waals surface area contributed by atoms with Crippen LogP contribution in [0.1, 0.15) is 27.7 Å². The minimum absolute atomic E-state index is 0.426. The fourth-order valence-electron chi connectivity index (χ4n) is 1.37. The lowest BCUT2D eigenvalue weighted by atomic mass is 10.0. The first-order chi connectivity index (χ1) is 5.28. The first kappa shape index (κ1) is 9.48. The number of hydrogen-bond acceptors (Lipinski definition) is 3. The van der Waals surface area contributed by atoms with Gasteiger partial charge in [-0.25, -0.2) is 4.79 Å². The molecule has 1 fully saturated rings. The predicted molar refractivity (Wildman–Crippen MR) is 41.8 cm³/mol. The van der Waals surface area contributed by atoms with E-state index in [1.807, 2.05) is 0 Å². The molecule has 0 saturated carbocycles. The van der Waals surface area contributed by atoms with Crippen molar-refractivity contribution in [1.29, 1.82) is 0 Å². The van der Waals surface area contributed by atoms with Gasteiger partial charge in [0, 0.05) is 0 Å². The van der Waals surface area contributed by atoms with Crippen molar-refractivity contribution < 1.29 is 19.4 Å². The lowest BCUT2D eigenvalue weighted by molar-refractivity contribution is -0.182. The monoisotopic (exact) mass is 174 g/mol. The minimum atomic E-state index is -1.22. The van der Waals surface area contributed by atoms with E-state index < -0.39 is 23.5 Å². The Hall–Kier alpha value is -0.610. The normalized spacial score (nSPS) is 39.8. The van der Waals surface area contributed by atoms with E-state index in [1.54, 1.807) is 20.8 Å². The van der Waals surface area contributed by atoms with Crippen LogP contribution in [0.4, 0.5) is 0 Å². The summed E-state index contributed by atoms with van der Waals surface area (Å²) in [5.74, 6) is -1.78. The van der Waals surface area contributed by atoms with Gasteiger partial charge in [-0.1, -0.05) is 0 Å². The number of ether oxygens (including phenoxy) is 2. The molecule has 1 aliphatic rings. The SMILES string of the molecule is C[C@@H]1OC(C)(C)O[C@]1(C)C(=O)O. The summed E-state index contributed by atoms with van der Waals surface area (Å²) in [5.41, 5.74) is -1.22. The second-order valence-corrected chi connectivity index (χ2v) is 3.67. The van der Waals surface area contributed by atoms with E-state index >= 15 is 0 Å². The van der Waals surface area contributed by atoms with Crippen LogP contribution in [0.3, 0.4) is 0 Å². The molecule has 12 heavy (non-hydrogen) atoms. The number of aliphatic carboxylic acids is 1. The Kier molecular flexibility index (Phi) is 1.92. The van der Waals surface area contributed by atoms with Gasteiger partial charge in [-0.2, -0.15) is 0 Å². The first-order valence-electron chi connectivity index (χ1n) is 3.89. The van der Waals surface area contributed by atoms with E-state index in [-0.39, 0.29) is 0 Å². The molecule has 1 rings (SSSR count). The van der Waals surface area contributed by atoms with Crippen LogP contribution >= 0.6 is 0 Å². The van der Waals surface area contributed by atoms with Crippen LogP contribution in [0.15, 0.2) is 0 Å². The van der Waals surface area contributed by atoms with Crippen molar-refractivity contribution in [3.63, 3.8) is 0 Å². The molecule has 1 saturated heterocycles. The Morgan fingerprint density at radius 1 is 1.42 bits per heavy atom. The minimum Gasteiger partial charge on any atom is -0.479 e. The molecule has 1 N–H and O–H groups in total. The Morgan fingerprint density at radius 2 is 1.92 bits per heavy atom. The Labute approximate surface area is 71.5 Å². The molecule has 1 aliphatic heterocycles. The van der Waals surface area contributed by atoms with Gasteiger partial charge in [-0.05, 0) is 27.7 Å². The van der Waals surface area contributed by atoms with Gasteiger partial charge in [0.2, 0.25) is 0 Å². The molecule has 0 spiro atoms. The topological polar surface area (TPSA) is 55.8 Å². The lowest BCUT2D eigenvalue weighted by Crippen LogP contribution is -2.43. The second kappa shape index (κ2) is 2.44. The van der Waals surface area contributed by atoms with Crippen molar-refractivity contribution >= 4 is 5.97 Å². The van der Waals surface area contributed by atoms with Crippen LogP contribution in [0.5, 0.6) is 0 Å². The molecule has 1 heterocycles. The van der Waals surface area contributed by atoms with Crippen molar-refractivity contribution in [2.24, 2.45) is 0 Å². The molecule has 0 aromatic heterocycles. The Bertz CT molecular complexity index is 211. The molecule has 0 aromatic carbocycles. The molecule has 0 aliphatic carbocycles. The van der Waals surface area contributed by atoms with E-state index in [9.17, 15) is 4.79 Å². The quantitative estimate of drug-likeness (QED) is 0.644. The van der Waals surface area contributed by atoms with Crippen LogP contribution in [-0.4, -0.2) is 28.6 Å². The number of carboxylic acid groups (broad SMARTS) is 1. The number of hydrogen-bond donors (Lipinski definition) is 1. The molecule has 0 bridgehead atoms. The van der Waals surface area contributed by atoms with Gasteiger partial charge in [-0.15, -0.1) is 0 Å². The summed E-state index contributed by atoms with van der Waals surface area (Å²) in [5, 5.41) is 8.87. The molecule has 70 valence electrons.